The summed E-state index contributed by atoms with van der Waals surface area (Å²) in [5.41, 5.74) is 0. The molecule has 9 heteroatoms. The molecule has 2 aliphatic rings. The molecule has 0 spiro atoms. The van der Waals surface area contributed by atoms with E-state index in [1.54, 1.807) is 11.8 Å². The van der Waals surface area contributed by atoms with E-state index in [0.29, 0.717) is 52.4 Å². The number of carbonyl (C=O) groups excluding carboxylic acids is 3. The minimum Gasteiger partial charge on any atom is -0.379 e. The average Bonchev–Trinajstić information content (AvgIpc) is 2.83. The molecule has 0 bridgehead atoms. The number of rotatable bonds is 9. The van der Waals surface area contributed by atoms with Gasteiger partial charge in [0.25, 0.3) is 0 Å². The molecule has 0 aromatic rings. The number of carbonyl (C=O) groups is 3. The number of ether oxygens (including phenoxy) is 2. The highest BCUT2D eigenvalue weighted by molar-refractivity contribution is 6.03. The number of likely N-dealkylation sites (tertiary alicyclic amines) is 1. The number of hydroxylamine groups is 2. The maximum absolute atomic E-state index is 11.9. The molecule has 2 saturated heterocycles. The highest BCUT2D eigenvalue weighted by Gasteiger charge is 2.34. The molecule has 2 heterocycles. The first-order valence-electron chi connectivity index (χ1n) is 8.70. The Morgan fingerprint density at radius 2 is 1.72 bits per heavy atom. The molecule has 0 radical (unpaired) electrons. The molecular formula is C16H27N3O6. The van der Waals surface area contributed by atoms with Gasteiger partial charge in [-0.3, -0.25) is 19.3 Å². The van der Waals surface area contributed by atoms with Crippen LogP contribution in [0.2, 0.25) is 0 Å². The van der Waals surface area contributed by atoms with Crippen LogP contribution in [0.25, 0.3) is 0 Å². The summed E-state index contributed by atoms with van der Waals surface area (Å²) in [5, 5.41) is 10.5. The molecular weight excluding hydrogens is 330 g/mol. The van der Waals surface area contributed by atoms with Gasteiger partial charge in [-0.1, -0.05) is 6.92 Å². The maximum atomic E-state index is 11.9. The summed E-state index contributed by atoms with van der Waals surface area (Å²) >= 11 is 0. The van der Waals surface area contributed by atoms with E-state index in [-0.39, 0.29) is 43.2 Å². The van der Waals surface area contributed by atoms with Crippen molar-refractivity contribution in [3.63, 3.8) is 0 Å². The van der Waals surface area contributed by atoms with Gasteiger partial charge in [-0.2, -0.15) is 5.06 Å². The molecule has 1 N–H and O–H groups in total. The van der Waals surface area contributed by atoms with E-state index < -0.39 is 0 Å². The second-order valence-corrected chi connectivity index (χ2v) is 6.30. The van der Waals surface area contributed by atoms with Crippen molar-refractivity contribution in [1.29, 1.82) is 0 Å². The van der Waals surface area contributed by atoms with Gasteiger partial charge in [-0.15, -0.1) is 0 Å². The fourth-order valence-corrected chi connectivity index (χ4v) is 2.82. The minimum absolute atomic E-state index is 0.0224. The minimum atomic E-state index is -0.228. The largest absolute Gasteiger partial charge is 0.379 e. The Balaban J connectivity index is 1.45. The molecule has 0 aliphatic carbocycles. The Hall–Kier alpha value is -1.55. The third-order valence-corrected chi connectivity index (χ3v) is 4.37. The molecule has 0 aromatic carbocycles. The summed E-state index contributed by atoms with van der Waals surface area (Å²) in [5.74, 6) is -0.480. The van der Waals surface area contributed by atoms with Crippen molar-refractivity contribution in [1.82, 2.24) is 14.9 Å². The molecule has 2 rings (SSSR count). The van der Waals surface area contributed by atoms with Crippen molar-refractivity contribution in [2.75, 3.05) is 59.2 Å². The topological polar surface area (TPSA) is 99.6 Å². The maximum Gasteiger partial charge on any atom is 0.232 e. The first-order valence-corrected chi connectivity index (χ1v) is 8.70. The van der Waals surface area contributed by atoms with E-state index in [1.807, 2.05) is 0 Å². The number of hydrogen-bond donors (Lipinski definition) is 1. The Morgan fingerprint density at radius 3 is 2.32 bits per heavy atom. The van der Waals surface area contributed by atoms with E-state index in [9.17, 15) is 19.6 Å². The Bertz CT molecular complexity index is 478. The molecule has 9 nitrogen and oxygen atoms in total. The van der Waals surface area contributed by atoms with Crippen LogP contribution in [0.15, 0.2) is 0 Å². The highest BCUT2D eigenvalue weighted by Crippen LogP contribution is 2.17. The second-order valence-electron chi connectivity index (χ2n) is 6.30. The van der Waals surface area contributed by atoms with Crippen molar-refractivity contribution in [2.24, 2.45) is 5.92 Å². The number of imide groups is 1. The van der Waals surface area contributed by atoms with Gasteiger partial charge in [0.05, 0.1) is 39.4 Å². The van der Waals surface area contributed by atoms with Crippen molar-refractivity contribution in [3.05, 3.63) is 0 Å². The zero-order chi connectivity index (χ0) is 18.2. The van der Waals surface area contributed by atoms with Crippen molar-refractivity contribution >= 4 is 17.7 Å². The van der Waals surface area contributed by atoms with E-state index in [0.717, 1.165) is 0 Å². The van der Waals surface area contributed by atoms with E-state index in [1.165, 1.54) is 9.96 Å². The molecule has 142 valence electrons. The van der Waals surface area contributed by atoms with Crippen LogP contribution in [0.5, 0.6) is 0 Å². The number of piperazine rings is 1. The molecule has 2 aliphatic heterocycles. The highest BCUT2D eigenvalue weighted by atomic mass is 16.5. The SMILES string of the molecule is CC1CC(=O)N(CCOCCOCCC(=O)N2CCN(O)CC2)C1=O. The van der Waals surface area contributed by atoms with Crippen molar-refractivity contribution in [2.45, 2.75) is 19.8 Å². The van der Waals surface area contributed by atoms with Gasteiger partial charge in [0.2, 0.25) is 17.7 Å². The van der Waals surface area contributed by atoms with Gasteiger partial charge in [-0.25, -0.2) is 0 Å². The van der Waals surface area contributed by atoms with Gasteiger partial charge in [0.15, 0.2) is 0 Å². The van der Waals surface area contributed by atoms with Gasteiger partial charge in [0, 0.05) is 38.5 Å². The van der Waals surface area contributed by atoms with Crippen LogP contribution in [0, 0.1) is 5.92 Å². The summed E-state index contributed by atoms with van der Waals surface area (Å²) in [7, 11) is 0. The Kier molecular flexibility index (Phi) is 7.76. The lowest BCUT2D eigenvalue weighted by Crippen LogP contribution is -2.47. The lowest BCUT2D eigenvalue weighted by Gasteiger charge is -2.31. The normalized spacial score (nSPS) is 22.1. The quantitative estimate of drug-likeness (QED) is 0.432. The third-order valence-electron chi connectivity index (χ3n) is 4.37. The van der Waals surface area contributed by atoms with Crippen LogP contribution < -0.4 is 0 Å². The first kappa shape index (κ1) is 19.8. The van der Waals surface area contributed by atoms with Crippen LogP contribution in [0.1, 0.15) is 19.8 Å². The predicted molar refractivity (Wildman–Crippen MR) is 86.7 cm³/mol. The number of hydrogen-bond acceptors (Lipinski definition) is 7. The summed E-state index contributed by atoms with van der Waals surface area (Å²) in [6, 6.07) is 0. The van der Waals surface area contributed by atoms with Crippen molar-refractivity contribution < 1.29 is 29.1 Å². The standard InChI is InChI=1S/C16H27N3O6/c1-13-12-15(21)19(16(13)22)7-9-25-11-10-24-8-2-14(20)17-3-5-18(23)6-4-17/h13,23H,2-12H2,1H3. The van der Waals surface area contributed by atoms with Crippen LogP contribution in [-0.4, -0.2) is 96.9 Å². The summed E-state index contributed by atoms with van der Waals surface area (Å²) in [6.07, 6.45) is 0.587. The van der Waals surface area contributed by atoms with Gasteiger partial charge >= 0.3 is 0 Å². The molecule has 25 heavy (non-hydrogen) atoms. The van der Waals surface area contributed by atoms with Crippen molar-refractivity contribution in [3.8, 4) is 0 Å². The molecule has 1 atom stereocenters. The zero-order valence-electron chi connectivity index (χ0n) is 14.7. The van der Waals surface area contributed by atoms with E-state index in [2.05, 4.69) is 0 Å². The second kappa shape index (κ2) is 9.81. The molecule has 0 saturated carbocycles. The van der Waals surface area contributed by atoms with Gasteiger partial charge < -0.3 is 19.6 Å². The van der Waals surface area contributed by atoms with Gasteiger partial charge in [-0.05, 0) is 0 Å². The number of amides is 3. The van der Waals surface area contributed by atoms with Crippen LogP contribution in [0.4, 0.5) is 0 Å². The molecule has 2 fully saturated rings. The smallest absolute Gasteiger partial charge is 0.232 e. The lowest BCUT2D eigenvalue weighted by molar-refractivity contribution is -0.147. The van der Waals surface area contributed by atoms with Crippen LogP contribution in [0.3, 0.4) is 0 Å². The van der Waals surface area contributed by atoms with E-state index in [4.69, 9.17) is 9.47 Å². The average molecular weight is 357 g/mol. The summed E-state index contributed by atoms with van der Waals surface area (Å²) < 4.78 is 10.7. The molecule has 3 amide bonds. The Morgan fingerprint density at radius 1 is 1.08 bits per heavy atom. The zero-order valence-corrected chi connectivity index (χ0v) is 14.7. The van der Waals surface area contributed by atoms with E-state index >= 15 is 0 Å². The molecule has 0 aromatic heterocycles. The third kappa shape index (κ3) is 6.03. The number of nitrogens with zero attached hydrogens (tertiary/aromatic N) is 3. The fraction of sp³-hybridized carbons (Fsp3) is 0.812. The Labute approximate surface area is 147 Å². The first-order chi connectivity index (χ1) is 12.0. The van der Waals surface area contributed by atoms with Crippen LogP contribution in [-0.2, 0) is 23.9 Å². The summed E-state index contributed by atoms with van der Waals surface area (Å²) in [6.45, 7) is 5.36. The molecule has 1 unspecified atom stereocenters. The summed E-state index contributed by atoms with van der Waals surface area (Å²) in [4.78, 5) is 38.2. The monoisotopic (exact) mass is 357 g/mol. The van der Waals surface area contributed by atoms with Crippen LogP contribution >= 0.6 is 0 Å². The van der Waals surface area contributed by atoms with Gasteiger partial charge in [0.1, 0.15) is 0 Å². The lowest BCUT2D eigenvalue weighted by atomic mass is 10.1. The predicted octanol–water partition coefficient (Wildman–Crippen LogP) is -0.662. The fourth-order valence-electron chi connectivity index (χ4n) is 2.82.